The monoisotopic (exact) mass is 477 g/mol. The molecule has 1 saturated heterocycles. The molecule has 4 rings (SSSR count). The average Bonchev–Trinajstić information content (AvgIpc) is 2.89. The number of benzene rings is 3. The van der Waals surface area contributed by atoms with Crippen LogP contribution in [0, 0.1) is 0 Å². The lowest BCUT2D eigenvalue weighted by Crippen LogP contribution is -2.54. The molecule has 0 spiro atoms. The predicted molar refractivity (Wildman–Crippen MR) is 137 cm³/mol. The molecule has 1 atom stereocenters. The van der Waals surface area contributed by atoms with Gasteiger partial charge in [0.05, 0.1) is 17.1 Å². The van der Waals surface area contributed by atoms with Crippen LogP contribution in [0.1, 0.15) is 24.1 Å². The van der Waals surface area contributed by atoms with Crippen LogP contribution < -0.4 is 10.1 Å². The Morgan fingerprint density at radius 2 is 1.44 bits per heavy atom. The van der Waals surface area contributed by atoms with Crippen LogP contribution in [0.15, 0.2) is 84.9 Å². The molecule has 1 heterocycles. The van der Waals surface area contributed by atoms with Crippen molar-refractivity contribution in [2.24, 2.45) is 0 Å². The van der Waals surface area contributed by atoms with E-state index >= 15 is 0 Å². The van der Waals surface area contributed by atoms with Crippen molar-refractivity contribution >= 4 is 17.5 Å². The van der Waals surface area contributed by atoms with E-state index in [4.69, 9.17) is 16.3 Å². The number of hydrogen-bond acceptors (Lipinski definition) is 4. The maximum atomic E-state index is 13.2. The van der Waals surface area contributed by atoms with Crippen molar-refractivity contribution in [3.05, 3.63) is 101 Å². The van der Waals surface area contributed by atoms with Crippen LogP contribution in [-0.4, -0.2) is 61.1 Å². The zero-order valence-electron chi connectivity index (χ0n) is 19.6. The van der Waals surface area contributed by atoms with Gasteiger partial charge in [-0.2, -0.15) is 0 Å². The number of nitrogens with zero attached hydrogens (tertiary/aromatic N) is 2. The molecule has 5 nitrogen and oxygen atoms in total. The third-order valence-corrected chi connectivity index (χ3v) is 6.70. The van der Waals surface area contributed by atoms with Crippen LogP contribution >= 0.6 is 11.6 Å². The first kappa shape index (κ1) is 24.3. The molecule has 1 fully saturated rings. The molecule has 3 aromatic carbocycles. The van der Waals surface area contributed by atoms with Crippen molar-refractivity contribution in [3.8, 4) is 5.75 Å². The fourth-order valence-electron chi connectivity index (χ4n) is 4.30. The van der Waals surface area contributed by atoms with Crippen LogP contribution in [-0.2, 0) is 4.79 Å². The van der Waals surface area contributed by atoms with Crippen LogP contribution in [0.2, 0.25) is 5.02 Å². The average molecular weight is 478 g/mol. The van der Waals surface area contributed by atoms with Crippen molar-refractivity contribution < 1.29 is 9.53 Å². The summed E-state index contributed by atoms with van der Waals surface area (Å²) < 4.78 is 5.83. The second-order valence-electron chi connectivity index (χ2n) is 8.60. The Morgan fingerprint density at radius 1 is 0.882 bits per heavy atom. The minimum Gasteiger partial charge on any atom is -0.491 e. The van der Waals surface area contributed by atoms with E-state index in [9.17, 15) is 4.79 Å². The highest BCUT2D eigenvalue weighted by atomic mass is 35.5. The van der Waals surface area contributed by atoms with Gasteiger partial charge in [0.1, 0.15) is 12.4 Å². The summed E-state index contributed by atoms with van der Waals surface area (Å²) in [6.45, 7) is 6.94. The summed E-state index contributed by atoms with van der Waals surface area (Å²) >= 11 is 6.16. The molecule has 0 radical (unpaired) electrons. The Morgan fingerprint density at radius 3 is 2.03 bits per heavy atom. The third-order valence-electron chi connectivity index (χ3n) is 6.39. The zero-order valence-corrected chi connectivity index (χ0v) is 20.3. The van der Waals surface area contributed by atoms with E-state index < -0.39 is 0 Å². The Labute approximate surface area is 207 Å². The number of piperazine rings is 1. The molecule has 0 saturated carbocycles. The molecule has 1 N–H and O–H groups in total. The lowest BCUT2D eigenvalue weighted by Gasteiger charge is -2.37. The molecule has 1 amide bonds. The summed E-state index contributed by atoms with van der Waals surface area (Å²) in [5, 5.41) is 3.92. The van der Waals surface area contributed by atoms with Gasteiger partial charge in [0.15, 0.2) is 0 Å². The molecule has 0 aliphatic carbocycles. The number of hydrogen-bond donors (Lipinski definition) is 1. The number of halogens is 1. The molecular weight excluding hydrogens is 446 g/mol. The molecule has 1 aliphatic heterocycles. The number of para-hydroxylation sites is 1. The summed E-state index contributed by atoms with van der Waals surface area (Å²) in [6, 6.07) is 27.5. The van der Waals surface area contributed by atoms with Crippen LogP contribution in [0.3, 0.4) is 0 Å². The van der Waals surface area contributed by atoms with E-state index in [1.807, 2.05) is 67.6 Å². The van der Waals surface area contributed by atoms with Crippen molar-refractivity contribution in [1.29, 1.82) is 0 Å². The minimum absolute atomic E-state index is 0.0493. The van der Waals surface area contributed by atoms with Gasteiger partial charge in [0, 0.05) is 32.7 Å². The van der Waals surface area contributed by atoms with Crippen molar-refractivity contribution in [2.45, 2.75) is 19.0 Å². The van der Waals surface area contributed by atoms with E-state index in [0.29, 0.717) is 11.6 Å². The Balaban J connectivity index is 1.28. The number of nitrogens with one attached hydrogen (secondary N) is 1. The second kappa shape index (κ2) is 12.0. The molecule has 0 bridgehead atoms. The van der Waals surface area contributed by atoms with Gasteiger partial charge in [-0.15, -0.1) is 0 Å². The largest absolute Gasteiger partial charge is 0.491 e. The molecule has 1 aliphatic rings. The number of carbonyl (C=O) groups is 1. The van der Waals surface area contributed by atoms with E-state index in [-0.39, 0.29) is 18.0 Å². The predicted octanol–water partition coefficient (Wildman–Crippen LogP) is 4.63. The van der Waals surface area contributed by atoms with E-state index in [1.54, 1.807) is 0 Å². The molecular formula is C28H32ClN3O2. The van der Waals surface area contributed by atoms with E-state index in [0.717, 1.165) is 49.6 Å². The van der Waals surface area contributed by atoms with Gasteiger partial charge >= 0.3 is 0 Å². The van der Waals surface area contributed by atoms with E-state index in [2.05, 4.69) is 39.4 Å². The number of rotatable bonds is 9. The molecule has 6 heteroatoms. The molecule has 0 unspecified atom stereocenters. The lowest BCUT2D eigenvalue weighted by molar-refractivity contribution is -0.127. The van der Waals surface area contributed by atoms with Crippen molar-refractivity contribution in [1.82, 2.24) is 15.1 Å². The maximum Gasteiger partial charge on any atom is 0.237 e. The smallest absolute Gasteiger partial charge is 0.237 e. The summed E-state index contributed by atoms with van der Waals surface area (Å²) in [7, 11) is 0. The van der Waals surface area contributed by atoms with Gasteiger partial charge in [-0.25, -0.2) is 0 Å². The van der Waals surface area contributed by atoms with E-state index in [1.165, 1.54) is 0 Å². The number of carbonyl (C=O) groups excluding carboxylic acids is 1. The number of amides is 1. The summed E-state index contributed by atoms with van der Waals surface area (Å²) in [5.41, 5.74) is 2.16. The van der Waals surface area contributed by atoms with Crippen LogP contribution in [0.5, 0.6) is 5.75 Å². The zero-order chi connectivity index (χ0) is 23.8. The minimum atomic E-state index is -0.198. The van der Waals surface area contributed by atoms with Gasteiger partial charge in [-0.1, -0.05) is 84.4 Å². The highest BCUT2D eigenvalue weighted by molar-refractivity contribution is 6.32. The quantitative estimate of drug-likeness (QED) is 0.488. The SMILES string of the molecule is C[C@@H](C(=O)NC(c1ccccc1)c1ccccc1)N1CCN(CCOc2ccccc2Cl)CC1. The Kier molecular flexibility index (Phi) is 8.58. The van der Waals surface area contributed by atoms with Crippen LogP contribution in [0.4, 0.5) is 0 Å². The fraction of sp³-hybridized carbons (Fsp3) is 0.321. The Bertz CT molecular complexity index is 1000. The van der Waals surface area contributed by atoms with Gasteiger partial charge in [0.2, 0.25) is 5.91 Å². The maximum absolute atomic E-state index is 13.2. The highest BCUT2D eigenvalue weighted by Crippen LogP contribution is 2.24. The normalized spacial score (nSPS) is 15.7. The fourth-order valence-corrected chi connectivity index (χ4v) is 4.49. The van der Waals surface area contributed by atoms with Crippen molar-refractivity contribution in [2.75, 3.05) is 39.3 Å². The topological polar surface area (TPSA) is 44.8 Å². The lowest BCUT2D eigenvalue weighted by atomic mass is 9.98. The standard InChI is InChI=1S/C28H32ClN3O2/c1-22(28(33)30-27(23-10-4-2-5-11-23)24-12-6-3-7-13-24)32-18-16-31(17-19-32)20-21-34-26-15-9-8-14-25(26)29/h2-15,22,27H,16-21H2,1H3,(H,30,33)/t22-/m0/s1. The van der Waals surface area contributed by atoms with Crippen molar-refractivity contribution in [3.63, 3.8) is 0 Å². The van der Waals surface area contributed by atoms with Gasteiger partial charge in [0.25, 0.3) is 0 Å². The molecule has 178 valence electrons. The number of ether oxygens (including phenoxy) is 1. The third kappa shape index (κ3) is 6.38. The summed E-state index contributed by atoms with van der Waals surface area (Å²) in [6.07, 6.45) is 0. The van der Waals surface area contributed by atoms with Gasteiger partial charge in [-0.05, 0) is 30.2 Å². The second-order valence-corrected chi connectivity index (χ2v) is 9.00. The molecule has 0 aromatic heterocycles. The van der Waals surface area contributed by atoms with Gasteiger partial charge in [-0.3, -0.25) is 14.6 Å². The summed E-state index contributed by atoms with van der Waals surface area (Å²) in [5.74, 6) is 0.771. The molecule has 3 aromatic rings. The first-order valence-electron chi connectivity index (χ1n) is 11.9. The van der Waals surface area contributed by atoms with Gasteiger partial charge < -0.3 is 10.1 Å². The first-order chi connectivity index (χ1) is 16.6. The molecule has 34 heavy (non-hydrogen) atoms. The summed E-state index contributed by atoms with van der Waals surface area (Å²) in [4.78, 5) is 17.9. The Hall–Kier alpha value is -2.86. The van der Waals surface area contributed by atoms with Crippen LogP contribution in [0.25, 0.3) is 0 Å². The highest BCUT2D eigenvalue weighted by Gasteiger charge is 2.27. The first-order valence-corrected chi connectivity index (χ1v) is 12.2.